The van der Waals surface area contributed by atoms with Gasteiger partial charge in [0.25, 0.3) is 5.91 Å². The second-order valence-electron chi connectivity index (χ2n) is 6.35. The molecule has 2 aromatic rings. The quantitative estimate of drug-likeness (QED) is 0.796. The van der Waals surface area contributed by atoms with Gasteiger partial charge in [0, 0.05) is 5.56 Å². The molecular formula is C21H27NO3. The summed E-state index contributed by atoms with van der Waals surface area (Å²) in [5.74, 6) is 1.53. The first kappa shape index (κ1) is 18.8. The zero-order chi connectivity index (χ0) is 18.4. The van der Waals surface area contributed by atoms with Gasteiger partial charge in [0.2, 0.25) is 0 Å². The van der Waals surface area contributed by atoms with E-state index in [2.05, 4.69) is 18.3 Å². The van der Waals surface area contributed by atoms with E-state index < -0.39 is 0 Å². The van der Waals surface area contributed by atoms with E-state index in [0.29, 0.717) is 5.56 Å². The minimum absolute atomic E-state index is 0.0382. The van der Waals surface area contributed by atoms with Crippen LogP contribution in [0.15, 0.2) is 42.5 Å². The van der Waals surface area contributed by atoms with Crippen molar-refractivity contribution in [2.45, 2.75) is 46.3 Å². The van der Waals surface area contributed by atoms with Crippen LogP contribution >= 0.6 is 0 Å². The third-order valence-electron chi connectivity index (χ3n) is 4.02. The predicted octanol–water partition coefficient (Wildman–Crippen LogP) is 4.67. The highest BCUT2D eigenvalue weighted by atomic mass is 16.5. The van der Waals surface area contributed by atoms with Gasteiger partial charge < -0.3 is 14.8 Å². The minimum Gasteiger partial charge on any atom is -0.496 e. The van der Waals surface area contributed by atoms with E-state index in [4.69, 9.17) is 9.47 Å². The van der Waals surface area contributed by atoms with Gasteiger partial charge in [-0.05, 0) is 68.7 Å². The summed E-state index contributed by atoms with van der Waals surface area (Å²) in [5, 5.41) is 3.10. The monoisotopic (exact) mass is 341 g/mol. The van der Waals surface area contributed by atoms with Crippen LogP contribution in [-0.4, -0.2) is 19.1 Å². The molecule has 0 saturated heterocycles. The number of hydrogen-bond donors (Lipinski definition) is 1. The average molecular weight is 341 g/mol. The summed E-state index contributed by atoms with van der Waals surface area (Å²) in [6.45, 7) is 8.01. The topological polar surface area (TPSA) is 47.6 Å². The number of rotatable bonds is 7. The van der Waals surface area contributed by atoms with Crippen molar-refractivity contribution in [1.82, 2.24) is 5.32 Å². The van der Waals surface area contributed by atoms with Crippen LogP contribution in [-0.2, 0) is 0 Å². The molecule has 2 aromatic carbocycles. The Kier molecular flexibility index (Phi) is 6.45. The maximum atomic E-state index is 12.6. The van der Waals surface area contributed by atoms with E-state index in [9.17, 15) is 4.79 Å². The summed E-state index contributed by atoms with van der Waals surface area (Å²) >= 11 is 0. The van der Waals surface area contributed by atoms with Gasteiger partial charge in [-0.3, -0.25) is 4.79 Å². The van der Waals surface area contributed by atoms with Crippen LogP contribution in [0.4, 0.5) is 0 Å². The molecule has 1 atom stereocenters. The normalized spacial score (nSPS) is 11.9. The van der Waals surface area contributed by atoms with E-state index in [1.807, 2.05) is 45.0 Å². The zero-order valence-electron chi connectivity index (χ0n) is 15.6. The molecule has 0 aliphatic carbocycles. The Morgan fingerprint density at radius 2 is 1.80 bits per heavy atom. The molecule has 0 saturated carbocycles. The summed E-state index contributed by atoms with van der Waals surface area (Å²) in [4.78, 5) is 12.6. The number of benzene rings is 2. The van der Waals surface area contributed by atoms with Gasteiger partial charge in [-0.15, -0.1) is 0 Å². The van der Waals surface area contributed by atoms with Gasteiger partial charge in [-0.25, -0.2) is 0 Å². The molecule has 4 heteroatoms. The van der Waals surface area contributed by atoms with E-state index in [1.165, 1.54) is 0 Å². The maximum absolute atomic E-state index is 12.6. The lowest BCUT2D eigenvalue weighted by Gasteiger charge is -2.19. The summed E-state index contributed by atoms with van der Waals surface area (Å²) in [6.07, 6.45) is 0.925. The van der Waals surface area contributed by atoms with Crippen molar-refractivity contribution in [2.75, 3.05) is 7.11 Å². The van der Waals surface area contributed by atoms with Crippen LogP contribution in [0.2, 0.25) is 0 Å². The molecule has 0 heterocycles. The van der Waals surface area contributed by atoms with Gasteiger partial charge in [-0.1, -0.05) is 19.1 Å². The van der Waals surface area contributed by atoms with Crippen molar-refractivity contribution in [3.8, 4) is 11.5 Å². The molecule has 1 unspecified atom stereocenters. The highest BCUT2D eigenvalue weighted by molar-refractivity contribution is 5.94. The number of aryl methyl sites for hydroxylation is 1. The fraction of sp³-hybridized carbons (Fsp3) is 0.381. The Morgan fingerprint density at radius 3 is 2.32 bits per heavy atom. The summed E-state index contributed by atoms with van der Waals surface area (Å²) < 4.78 is 10.9. The lowest BCUT2D eigenvalue weighted by molar-refractivity contribution is 0.0935. The van der Waals surface area contributed by atoms with Crippen molar-refractivity contribution in [3.05, 3.63) is 59.2 Å². The van der Waals surface area contributed by atoms with Crippen LogP contribution in [0.1, 0.15) is 54.7 Å². The number of amides is 1. The number of ether oxygens (including phenoxy) is 2. The molecule has 0 spiro atoms. The van der Waals surface area contributed by atoms with Crippen molar-refractivity contribution in [1.29, 1.82) is 0 Å². The Morgan fingerprint density at radius 1 is 1.12 bits per heavy atom. The lowest BCUT2D eigenvalue weighted by atomic mass is 10.0. The molecule has 1 N–H and O–H groups in total. The molecule has 0 bridgehead atoms. The lowest BCUT2D eigenvalue weighted by Crippen LogP contribution is -2.28. The molecule has 1 amide bonds. The fourth-order valence-corrected chi connectivity index (χ4v) is 2.74. The smallest absolute Gasteiger partial charge is 0.251 e. The first-order chi connectivity index (χ1) is 11.9. The summed E-state index contributed by atoms with van der Waals surface area (Å²) in [5.41, 5.74) is 2.76. The second kappa shape index (κ2) is 8.56. The summed E-state index contributed by atoms with van der Waals surface area (Å²) in [6, 6.07) is 13.2. The first-order valence-corrected chi connectivity index (χ1v) is 8.66. The second-order valence-corrected chi connectivity index (χ2v) is 6.35. The van der Waals surface area contributed by atoms with Crippen molar-refractivity contribution < 1.29 is 14.3 Å². The van der Waals surface area contributed by atoms with Gasteiger partial charge in [-0.2, -0.15) is 0 Å². The third-order valence-corrected chi connectivity index (χ3v) is 4.02. The van der Waals surface area contributed by atoms with Crippen LogP contribution < -0.4 is 14.8 Å². The van der Waals surface area contributed by atoms with E-state index >= 15 is 0 Å². The molecule has 25 heavy (non-hydrogen) atoms. The largest absolute Gasteiger partial charge is 0.496 e. The van der Waals surface area contributed by atoms with Crippen molar-refractivity contribution in [3.63, 3.8) is 0 Å². The Balaban J connectivity index is 2.10. The molecule has 4 nitrogen and oxygen atoms in total. The Bertz CT molecular complexity index is 708. The van der Waals surface area contributed by atoms with Crippen LogP contribution in [0.3, 0.4) is 0 Å². The molecular weight excluding hydrogens is 314 g/mol. The number of carbonyl (C=O) groups excluding carboxylic acids is 1. The van der Waals surface area contributed by atoms with Crippen molar-refractivity contribution in [2.24, 2.45) is 0 Å². The van der Waals surface area contributed by atoms with Crippen molar-refractivity contribution >= 4 is 5.91 Å². The van der Waals surface area contributed by atoms with Gasteiger partial charge in [0.15, 0.2) is 0 Å². The Labute approximate surface area is 150 Å². The number of hydrogen-bond acceptors (Lipinski definition) is 3. The average Bonchev–Trinajstić information content (AvgIpc) is 2.59. The van der Waals surface area contributed by atoms with Gasteiger partial charge in [0.1, 0.15) is 11.5 Å². The van der Waals surface area contributed by atoms with Crippen LogP contribution in [0.25, 0.3) is 0 Å². The number of carbonyl (C=O) groups is 1. The molecule has 134 valence electrons. The van der Waals surface area contributed by atoms with Crippen LogP contribution in [0.5, 0.6) is 11.5 Å². The van der Waals surface area contributed by atoms with E-state index in [0.717, 1.165) is 29.0 Å². The molecule has 0 aliphatic heterocycles. The summed E-state index contributed by atoms with van der Waals surface area (Å²) in [7, 11) is 1.66. The highest BCUT2D eigenvalue weighted by Gasteiger charge is 2.15. The maximum Gasteiger partial charge on any atom is 0.251 e. The van der Waals surface area contributed by atoms with E-state index in [-0.39, 0.29) is 18.1 Å². The Hall–Kier alpha value is -2.49. The molecule has 0 radical (unpaired) electrons. The highest BCUT2D eigenvalue weighted by Crippen LogP contribution is 2.24. The number of nitrogens with one attached hydrogen (secondary N) is 1. The first-order valence-electron chi connectivity index (χ1n) is 8.66. The minimum atomic E-state index is -0.0866. The molecule has 0 fully saturated rings. The molecule has 0 aromatic heterocycles. The zero-order valence-corrected chi connectivity index (χ0v) is 15.6. The van der Waals surface area contributed by atoms with Gasteiger partial charge >= 0.3 is 0 Å². The number of methoxy groups -OCH3 is 1. The fourth-order valence-electron chi connectivity index (χ4n) is 2.74. The van der Waals surface area contributed by atoms with E-state index in [1.54, 1.807) is 19.2 Å². The standard InChI is InChI=1S/C21H27NO3/c1-6-19(17-9-12-20(24-5)15(4)13-17)22-21(23)16-7-10-18(11-8-16)25-14(2)3/h7-14,19H,6H2,1-5H3,(H,22,23). The van der Waals surface area contributed by atoms with Crippen LogP contribution in [0, 0.1) is 6.92 Å². The molecule has 0 aliphatic rings. The van der Waals surface area contributed by atoms with Gasteiger partial charge in [0.05, 0.1) is 19.3 Å². The molecule has 2 rings (SSSR count). The predicted molar refractivity (Wildman–Crippen MR) is 100 cm³/mol. The SMILES string of the molecule is CCC(NC(=O)c1ccc(OC(C)C)cc1)c1ccc(OC)c(C)c1. The third kappa shape index (κ3) is 4.99.